The van der Waals surface area contributed by atoms with Crippen molar-refractivity contribution < 1.29 is 15.0 Å². The van der Waals surface area contributed by atoms with E-state index in [0.717, 1.165) is 18.8 Å². The van der Waals surface area contributed by atoms with Crippen molar-refractivity contribution in [2.24, 2.45) is 28.6 Å². The van der Waals surface area contributed by atoms with Crippen molar-refractivity contribution in [1.29, 1.82) is 0 Å². The average molecular weight is 333 g/mol. The molecule has 0 radical (unpaired) electrons. The van der Waals surface area contributed by atoms with Crippen molar-refractivity contribution in [2.75, 3.05) is 0 Å². The van der Waals surface area contributed by atoms with E-state index in [1.165, 1.54) is 37.7 Å². The van der Waals surface area contributed by atoms with Gasteiger partial charge in [-0.1, -0.05) is 31.9 Å². The summed E-state index contributed by atoms with van der Waals surface area (Å²) in [6.07, 6.45) is 9.94. The summed E-state index contributed by atoms with van der Waals surface area (Å²) in [4.78, 5) is 11.4. The molecular weight excluding hydrogens is 302 g/mol. The molecule has 0 saturated heterocycles. The lowest BCUT2D eigenvalue weighted by atomic mass is 9.47. The van der Waals surface area contributed by atoms with Gasteiger partial charge >= 0.3 is 6.09 Å². The molecule has 1 amide bonds. The summed E-state index contributed by atoms with van der Waals surface area (Å²) in [5, 5.41) is 22.4. The molecule has 4 heteroatoms. The summed E-state index contributed by atoms with van der Waals surface area (Å²) in [6.45, 7) is 4.76. The van der Waals surface area contributed by atoms with E-state index in [2.05, 4.69) is 25.2 Å². The monoisotopic (exact) mass is 333 g/mol. The molecule has 2 unspecified atom stereocenters. The topological polar surface area (TPSA) is 69.6 Å². The van der Waals surface area contributed by atoms with Gasteiger partial charge in [0.1, 0.15) is 0 Å². The molecule has 7 atom stereocenters. The number of hydrogen-bond acceptors (Lipinski definition) is 2. The van der Waals surface area contributed by atoms with Gasteiger partial charge in [-0.15, -0.1) is 0 Å². The molecule has 4 aliphatic carbocycles. The molecule has 0 heterocycles. The molecule has 24 heavy (non-hydrogen) atoms. The highest BCUT2D eigenvalue weighted by Crippen LogP contribution is 2.64. The number of nitrogens with one attached hydrogen (secondary N) is 1. The van der Waals surface area contributed by atoms with Crippen LogP contribution in [-0.4, -0.2) is 28.5 Å². The van der Waals surface area contributed by atoms with Gasteiger partial charge in [-0.05, 0) is 68.1 Å². The Morgan fingerprint density at radius 1 is 1.25 bits per heavy atom. The zero-order valence-corrected chi connectivity index (χ0v) is 14.9. The number of carbonyl (C=O) groups is 1. The molecule has 4 rings (SSSR count). The first kappa shape index (κ1) is 16.4. The van der Waals surface area contributed by atoms with Crippen molar-refractivity contribution in [3.63, 3.8) is 0 Å². The van der Waals surface area contributed by atoms with Crippen LogP contribution in [0.3, 0.4) is 0 Å². The molecular formula is C20H31NO3. The molecule has 0 spiro atoms. The van der Waals surface area contributed by atoms with Gasteiger partial charge in [0.25, 0.3) is 0 Å². The molecule has 4 aliphatic rings. The first-order chi connectivity index (χ1) is 11.3. The predicted molar refractivity (Wildman–Crippen MR) is 92.7 cm³/mol. The molecule has 4 nitrogen and oxygen atoms in total. The first-order valence-electron chi connectivity index (χ1n) is 9.71. The van der Waals surface area contributed by atoms with Crippen molar-refractivity contribution >= 4 is 6.09 Å². The normalized spacial score (nSPS) is 50.3. The van der Waals surface area contributed by atoms with Crippen molar-refractivity contribution in [3.8, 4) is 0 Å². The van der Waals surface area contributed by atoms with E-state index in [9.17, 15) is 15.0 Å². The Labute approximate surface area is 144 Å². The van der Waals surface area contributed by atoms with E-state index >= 15 is 0 Å². The molecule has 3 saturated carbocycles. The number of hydrogen-bond donors (Lipinski definition) is 3. The van der Waals surface area contributed by atoms with Gasteiger partial charge in [0, 0.05) is 11.5 Å². The molecule has 0 aromatic carbocycles. The van der Waals surface area contributed by atoms with Crippen LogP contribution in [0.1, 0.15) is 65.2 Å². The average Bonchev–Trinajstić information content (AvgIpc) is 2.90. The highest BCUT2D eigenvalue weighted by atomic mass is 16.4. The molecule has 3 N–H and O–H groups in total. The van der Waals surface area contributed by atoms with Crippen LogP contribution in [0, 0.1) is 28.6 Å². The van der Waals surface area contributed by atoms with Crippen LogP contribution in [0.25, 0.3) is 0 Å². The first-order valence-corrected chi connectivity index (χ1v) is 9.71. The smallest absolute Gasteiger partial charge is 0.404 e. The minimum Gasteiger partial charge on any atom is -0.465 e. The van der Waals surface area contributed by atoms with Crippen LogP contribution in [0.15, 0.2) is 11.6 Å². The fraction of sp³-hybridized carbons (Fsp3) is 0.850. The number of rotatable bonds is 1. The number of aliphatic hydroxyl groups is 1. The van der Waals surface area contributed by atoms with E-state index in [-0.39, 0.29) is 11.5 Å². The predicted octanol–water partition coefficient (Wildman–Crippen LogP) is 3.95. The second kappa shape index (κ2) is 5.48. The summed E-state index contributed by atoms with van der Waals surface area (Å²) < 4.78 is 0. The molecule has 0 bridgehead atoms. The zero-order valence-electron chi connectivity index (χ0n) is 14.9. The maximum absolute atomic E-state index is 11.4. The van der Waals surface area contributed by atoms with E-state index in [1.807, 2.05) is 0 Å². The van der Waals surface area contributed by atoms with Gasteiger partial charge in [-0.3, -0.25) is 0 Å². The lowest BCUT2D eigenvalue weighted by Crippen LogP contribution is -2.59. The van der Waals surface area contributed by atoms with Crippen LogP contribution >= 0.6 is 0 Å². The Kier molecular flexibility index (Phi) is 3.76. The fourth-order valence-corrected chi connectivity index (χ4v) is 7.09. The highest BCUT2D eigenvalue weighted by Gasteiger charge is 2.58. The van der Waals surface area contributed by atoms with E-state index in [4.69, 9.17) is 0 Å². The molecule has 134 valence electrons. The van der Waals surface area contributed by atoms with Gasteiger partial charge in [0.05, 0.1) is 6.10 Å². The Morgan fingerprint density at radius 2 is 2.04 bits per heavy atom. The summed E-state index contributed by atoms with van der Waals surface area (Å²) >= 11 is 0. The second-order valence-electron chi connectivity index (χ2n) is 9.31. The van der Waals surface area contributed by atoms with Crippen molar-refractivity contribution in [1.82, 2.24) is 5.32 Å². The summed E-state index contributed by atoms with van der Waals surface area (Å²) in [6, 6.07) is -0.163. The van der Waals surface area contributed by atoms with Crippen LogP contribution < -0.4 is 5.32 Å². The zero-order chi connectivity index (χ0) is 17.1. The van der Waals surface area contributed by atoms with E-state index in [0.29, 0.717) is 23.7 Å². The Hall–Kier alpha value is -1.03. The Morgan fingerprint density at radius 3 is 2.79 bits per heavy atom. The SMILES string of the molecule is C[C@@]12CCC[C@H]1[C@@H]1CC=C3CC(O)CC(NC(=O)O)[C@]3(C)[C@@H]1CC2. The van der Waals surface area contributed by atoms with Crippen molar-refractivity contribution in [2.45, 2.75) is 77.4 Å². The lowest BCUT2D eigenvalue weighted by molar-refractivity contribution is -0.0503. The second-order valence-corrected chi connectivity index (χ2v) is 9.31. The molecule has 0 aromatic heterocycles. The lowest BCUT2D eigenvalue weighted by Gasteiger charge is -2.59. The van der Waals surface area contributed by atoms with E-state index in [1.54, 1.807) is 0 Å². The van der Waals surface area contributed by atoms with Gasteiger partial charge in [-0.2, -0.15) is 0 Å². The fourth-order valence-electron chi connectivity index (χ4n) is 7.09. The third-order valence-electron chi connectivity index (χ3n) is 8.30. The molecule has 0 aromatic rings. The Bertz CT molecular complexity index is 573. The number of allylic oxidation sites excluding steroid dienone is 1. The summed E-state index contributed by atoms with van der Waals surface area (Å²) in [5.74, 6) is 2.04. The number of aliphatic hydroxyl groups excluding tert-OH is 1. The van der Waals surface area contributed by atoms with Crippen LogP contribution in [-0.2, 0) is 0 Å². The summed E-state index contributed by atoms with van der Waals surface area (Å²) in [5.41, 5.74) is 1.69. The van der Waals surface area contributed by atoms with E-state index < -0.39 is 12.2 Å². The van der Waals surface area contributed by atoms with Gasteiger partial charge < -0.3 is 15.5 Å². The van der Waals surface area contributed by atoms with Crippen LogP contribution in [0.2, 0.25) is 0 Å². The van der Waals surface area contributed by atoms with Crippen LogP contribution in [0.4, 0.5) is 4.79 Å². The third kappa shape index (κ3) is 2.25. The van der Waals surface area contributed by atoms with Crippen LogP contribution in [0.5, 0.6) is 0 Å². The quantitative estimate of drug-likeness (QED) is 0.636. The standard InChI is InChI=1S/C20H31NO3/c1-19-8-3-4-15(19)14-6-5-12-10-13(22)11-17(21-18(23)24)20(12,2)16(14)7-9-19/h5,13-17,21-22H,3-4,6-11H2,1-2H3,(H,23,24)/t13?,14-,15-,16+,17?,19-,20-/m0/s1. The Balaban J connectivity index is 1.71. The van der Waals surface area contributed by atoms with Gasteiger partial charge in [-0.25, -0.2) is 4.79 Å². The number of fused-ring (bicyclic) bond motifs is 5. The third-order valence-corrected chi connectivity index (χ3v) is 8.30. The maximum Gasteiger partial charge on any atom is 0.404 e. The highest BCUT2D eigenvalue weighted by molar-refractivity contribution is 5.65. The number of carboxylic acid groups (broad SMARTS) is 1. The van der Waals surface area contributed by atoms with Crippen molar-refractivity contribution in [3.05, 3.63) is 11.6 Å². The maximum atomic E-state index is 11.4. The largest absolute Gasteiger partial charge is 0.465 e. The molecule has 3 fully saturated rings. The van der Waals surface area contributed by atoms with Gasteiger partial charge in [0.2, 0.25) is 0 Å². The number of amides is 1. The molecule has 0 aliphatic heterocycles. The summed E-state index contributed by atoms with van der Waals surface area (Å²) in [7, 11) is 0. The van der Waals surface area contributed by atoms with Gasteiger partial charge in [0.15, 0.2) is 0 Å². The minimum atomic E-state index is -0.960. The minimum absolute atomic E-state index is 0.121.